The van der Waals surface area contributed by atoms with Gasteiger partial charge in [-0.2, -0.15) is 4.72 Å². The minimum absolute atomic E-state index is 0.00879. The molecule has 11 heteroatoms. The number of aliphatic hydroxyl groups excluding tert-OH is 1. The molecule has 4 N–H and O–H groups in total. The fourth-order valence-electron chi connectivity index (χ4n) is 3.80. The molecular formula is C19H28N4O6S. The third-order valence-corrected chi connectivity index (χ3v) is 6.89. The summed E-state index contributed by atoms with van der Waals surface area (Å²) in [6.45, 7) is 2.76. The average Bonchev–Trinajstić information content (AvgIpc) is 3.17. The third-order valence-electron chi connectivity index (χ3n) is 5.33. The maximum Gasteiger partial charge on any atom is 0.253 e. The molecule has 0 radical (unpaired) electrons. The van der Waals surface area contributed by atoms with Crippen LogP contribution in [-0.4, -0.2) is 81.8 Å². The zero-order chi connectivity index (χ0) is 21.9. The van der Waals surface area contributed by atoms with E-state index < -0.39 is 28.1 Å². The molecule has 0 aliphatic carbocycles. The number of benzene rings is 1. The normalized spacial score (nSPS) is 21.2. The molecule has 2 amide bonds. The summed E-state index contributed by atoms with van der Waals surface area (Å²) in [6, 6.07) is 3.59. The molecule has 2 saturated heterocycles. The number of anilines is 1. The fourth-order valence-corrected chi connectivity index (χ4v) is 5.33. The van der Waals surface area contributed by atoms with Gasteiger partial charge in [0.1, 0.15) is 12.6 Å². The van der Waals surface area contributed by atoms with Crippen LogP contribution >= 0.6 is 0 Å². The third kappa shape index (κ3) is 4.65. The lowest BCUT2D eigenvalue weighted by Gasteiger charge is -2.29. The Hall–Kier alpha value is -2.05. The van der Waals surface area contributed by atoms with Crippen molar-refractivity contribution in [3.8, 4) is 0 Å². The number of nitrogens with two attached hydrogens (primary N) is 1. The molecule has 166 valence electrons. The van der Waals surface area contributed by atoms with Crippen LogP contribution in [0.25, 0.3) is 0 Å². The van der Waals surface area contributed by atoms with Gasteiger partial charge in [0, 0.05) is 31.9 Å². The quantitative estimate of drug-likeness (QED) is 0.484. The van der Waals surface area contributed by atoms with E-state index in [0.29, 0.717) is 43.8 Å². The number of aliphatic hydroxyl groups is 1. The smallest absolute Gasteiger partial charge is 0.253 e. The molecule has 3 rings (SSSR count). The van der Waals surface area contributed by atoms with Gasteiger partial charge in [-0.15, -0.1) is 0 Å². The highest BCUT2D eigenvalue weighted by Gasteiger charge is 2.33. The lowest BCUT2D eigenvalue weighted by Crippen LogP contribution is -2.51. The number of ether oxygens (including phenoxy) is 1. The zero-order valence-corrected chi connectivity index (χ0v) is 17.7. The summed E-state index contributed by atoms with van der Waals surface area (Å²) in [5.41, 5.74) is 6.70. The average molecular weight is 441 g/mol. The van der Waals surface area contributed by atoms with Gasteiger partial charge in [-0.1, -0.05) is 13.0 Å². The Morgan fingerprint density at radius 2 is 2.17 bits per heavy atom. The van der Waals surface area contributed by atoms with Gasteiger partial charge in [0.2, 0.25) is 15.9 Å². The summed E-state index contributed by atoms with van der Waals surface area (Å²) in [5.74, 6) is -0.698. The van der Waals surface area contributed by atoms with Crippen LogP contribution in [0.1, 0.15) is 18.9 Å². The topological polar surface area (TPSA) is 142 Å². The Bertz CT molecular complexity index is 906. The maximum absolute atomic E-state index is 13.2. The Labute approximate surface area is 176 Å². The SMILES string of the molecule is CCc1c(N2CCOCC2=O)cccc1S(=O)(=O)N[C@@H](CN)C(=O)N1CC[C@H](O)C1. The van der Waals surface area contributed by atoms with Gasteiger partial charge in [-0.05, 0) is 30.5 Å². The number of β-amino-alcohol motifs (C(OH)–C–C–N with tert-alkyl or cyclic N) is 1. The number of nitrogens with zero attached hydrogens (tertiary/aromatic N) is 2. The Morgan fingerprint density at radius 3 is 2.77 bits per heavy atom. The van der Waals surface area contributed by atoms with E-state index in [2.05, 4.69) is 4.72 Å². The van der Waals surface area contributed by atoms with Crippen molar-refractivity contribution in [2.45, 2.75) is 36.8 Å². The van der Waals surface area contributed by atoms with Crippen LogP contribution < -0.4 is 15.4 Å². The van der Waals surface area contributed by atoms with E-state index in [1.807, 2.05) is 0 Å². The van der Waals surface area contributed by atoms with Gasteiger partial charge in [-0.3, -0.25) is 9.59 Å². The lowest BCUT2D eigenvalue weighted by molar-refractivity contribution is -0.132. The highest BCUT2D eigenvalue weighted by Crippen LogP contribution is 2.29. The molecule has 2 aliphatic heterocycles. The first-order valence-corrected chi connectivity index (χ1v) is 11.5. The van der Waals surface area contributed by atoms with Crippen molar-refractivity contribution >= 4 is 27.5 Å². The molecule has 10 nitrogen and oxygen atoms in total. The van der Waals surface area contributed by atoms with Crippen molar-refractivity contribution in [2.75, 3.05) is 44.3 Å². The Kier molecular flexibility index (Phi) is 7.09. The number of likely N-dealkylation sites (tertiary alicyclic amines) is 1. The van der Waals surface area contributed by atoms with Crippen molar-refractivity contribution in [1.29, 1.82) is 0 Å². The van der Waals surface area contributed by atoms with Crippen LogP contribution in [0.2, 0.25) is 0 Å². The van der Waals surface area contributed by atoms with E-state index in [0.717, 1.165) is 0 Å². The first-order chi connectivity index (χ1) is 14.3. The van der Waals surface area contributed by atoms with Crippen molar-refractivity contribution in [3.05, 3.63) is 23.8 Å². The predicted octanol–water partition coefficient (Wildman–Crippen LogP) is -1.19. The number of sulfonamides is 1. The maximum atomic E-state index is 13.2. The second-order valence-corrected chi connectivity index (χ2v) is 9.02. The van der Waals surface area contributed by atoms with Crippen LogP contribution in [0.3, 0.4) is 0 Å². The molecule has 1 aromatic carbocycles. The van der Waals surface area contributed by atoms with Gasteiger partial charge in [0.15, 0.2) is 0 Å². The predicted molar refractivity (Wildman–Crippen MR) is 109 cm³/mol. The first kappa shape index (κ1) is 22.6. The van der Waals surface area contributed by atoms with Gasteiger partial charge in [0.05, 0.1) is 17.6 Å². The fraction of sp³-hybridized carbons (Fsp3) is 0.579. The molecule has 2 fully saturated rings. The summed E-state index contributed by atoms with van der Waals surface area (Å²) >= 11 is 0. The number of rotatable bonds is 7. The van der Waals surface area contributed by atoms with Crippen LogP contribution in [0.15, 0.2) is 23.1 Å². The number of carbonyl (C=O) groups is 2. The lowest BCUT2D eigenvalue weighted by atomic mass is 10.1. The van der Waals surface area contributed by atoms with Gasteiger partial charge >= 0.3 is 0 Å². The van der Waals surface area contributed by atoms with Crippen LogP contribution in [-0.2, 0) is 30.8 Å². The van der Waals surface area contributed by atoms with E-state index in [1.54, 1.807) is 19.1 Å². The van der Waals surface area contributed by atoms with E-state index in [9.17, 15) is 23.1 Å². The summed E-state index contributed by atoms with van der Waals surface area (Å²) in [4.78, 5) is 27.9. The van der Waals surface area contributed by atoms with Crippen molar-refractivity contribution in [2.24, 2.45) is 5.73 Å². The van der Waals surface area contributed by atoms with Crippen LogP contribution in [0.4, 0.5) is 5.69 Å². The molecule has 0 unspecified atom stereocenters. The Morgan fingerprint density at radius 1 is 1.40 bits per heavy atom. The molecule has 2 heterocycles. The van der Waals surface area contributed by atoms with E-state index in [-0.39, 0.29) is 30.5 Å². The van der Waals surface area contributed by atoms with Crippen molar-refractivity contribution < 1.29 is 27.9 Å². The molecule has 0 aromatic heterocycles. The first-order valence-electron chi connectivity index (χ1n) is 9.97. The van der Waals surface area contributed by atoms with Crippen molar-refractivity contribution in [3.63, 3.8) is 0 Å². The number of carbonyl (C=O) groups excluding carboxylic acids is 2. The van der Waals surface area contributed by atoms with Gasteiger partial charge < -0.3 is 25.4 Å². The second kappa shape index (κ2) is 9.40. The summed E-state index contributed by atoms with van der Waals surface area (Å²) < 4.78 is 33.9. The zero-order valence-electron chi connectivity index (χ0n) is 16.9. The minimum Gasteiger partial charge on any atom is -0.391 e. The summed E-state index contributed by atoms with van der Waals surface area (Å²) in [7, 11) is -4.09. The molecule has 1 aromatic rings. The minimum atomic E-state index is -4.09. The van der Waals surface area contributed by atoms with E-state index in [4.69, 9.17) is 10.5 Å². The molecular weight excluding hydrogens is 412 g/mol. The molecule has 2 aliphatic rings. The second-order valence-electron chi connectivity index (χ2n) is 7.34. The van der Waals surface area contributed by atoms with E-state index in [1.165, 1.54) is 15.9 Å². The Balaban J connectivity index is 1.88. The molecule has 30 heavy (non-hydrogen) atoms. The monoisotopic (exact) mass is 440 g/mol. The number of morpholine rings is 1. The number of nitrogens with one attached hydrogen (secondary N) is 1. The van der Waals surface area contributed by atoms with Gasteiger partial charge in [-0.25, -0.2) is 8.42 Å². The number of hydrogen-bond donors (Lipinski definition) is 3. The number of hydrogen-bond acceptors (Lipinski definition) is 7. The van der Waals surface area contributed by atoms with Gasteiger partial charge in [0.25, 0.3) is 5.91 Å². The highest BCUT2D eigenvalue weighted by molar-refractivity contribution is 7.89. The molecule has 0 bridgehead atoms. The van der Waals surface area contributed by atoms with Crippen molar-refractivity contribution in [1.82, 2.24) is 9.62 Å². The van der Waals surface area contributed by atoms with Crippen LogP contribution in [0.5, 0.6) is 0 Å². The molecule has 2 atom stereocenters. The highest BCUT2D eigenvalue weighted by atomic mass is 32.2. The largest absolute Gasteiger partial charge is 0.391 e. The molecule has 0 saturated carbocycles. The standard InChI is InChI=1S/C19H28N4O6S/c1-2-14-16(23-8-9-29-12-18(23)25)4-3-5-17(14)30(27,28)21-15(10-20)19(26)22-7-6-13(24)11-22/h3-5,13,15,21,24H,2,6-12,20H2,1H3/t13-,15-/m0/s1. The van der Waals surface area contributed by atoms with E-state index >= 15 is 0 Å². The number of amides is 2. The summed E-state index contributed by atoms with van der Waals surface area (Å²) in [5, 5.41) is 9.65. The van der Waals surface area contributed by atoms with Crippen LogP contribution in [0, 0.1) is 0 Å². The molecule has 0 spiro atoms. The summed E-state index contributed by atoms with van der Waals surface area (Å²) in [6.07, 6.45) is 0.209.